The molecule has 0 saturated heterocycles. The molecular weight excluding hydrogens is 544 g/mol. The van der Waals surface area contributed by atoms with E-state index in [0.29, 0.717) is 35.2 Å². The molecular formula is C27H31ClN4O6S. The zero-order valence-electron chi connectivity index (χ0n) is 22.1. The van der Waals surface area contributed by atoms with Crippen LogP contribution in [-0.4, -0.2) is 58.6 Å². The molecule has 10 nitrogen and oxygen atoms in total. The van der Waals surface area contributed by atoms with Gasteiger partial charge in [-0.2, -0.15) is 13.5 Å². The van der Waals surface area contributed by atoms with Crippen molar-refractivity contribution in [2.45, 2.75) is 18.6 Å². The highest BCUT2D eigenvalue weighted by atomic mass is 35.5. The van der Waals surface area contributed by atoms with E-state index in [1.54, 1.807) is 26.2 Å². The van der Waals surface area contributed by atoms with Crippen LogP contribution in [0.4, 0.5) is 0 Å². The van der Waals surface area contributed by atoms with Crippen LogP contribution in [0.15, 0.2) is 71.7 Å². The number of ether oxygens (including phenoxy) is 3. The molecule has 2 heterocycles. The minimum Gasteiger partial charge on any atom is -0.493 e. The zero-order chi connectivity index (χ0) is 28.2. The largest absolute Gasteiger partial charge is 0.493 e. The maximum absolute atomic E-state index is 11.5. The molecule has 4 rings (SSSR count). The number of fused-ring (bicyclic) bond motifs is 3. The van der Waals surface area contributed by atoms with Gasteiger partial charge in [0.05, 0.1) is 43.8 Å². The zero-order valence-corrected chi connectivity index (χ0v) is 23.7. The molecule has 208 valence electrons. The Labute approximate surface area is 233 Å². The molecule has 0 saturated carbocycles. The second kappa shape index (κ2) is 12.2. The molecule has 1 N–H and O–H groups in total. The first-order valence-corrected chi connectivity index (χ1v) is 14.3. The number of likely N-dealkylation sites (N-methyl/N-ethyl adjacent to an activating group) is 1. The highest BCUT2D eigenvalue weighted by Gasteiger charge is 2.33. The Bertz CT molecular complexity index is 1470. The predicted molar refractivity (Wildman–Crippen MR) is 147 cm³/mol. The second-order valence-electron chi connectivity index (χ2n) is 9.02. The van der Waals surface area contributed by atoms with Crippen molar-refractivity contribution in [3.8, 4) is 17.2 Å². The minimum atomic E-state index is -3.66. The Morgan fingerprint density at radius 2 is 1.97 bits per heavy atom. The summed E-state index contributed by atoms with van der Waals surface area (Å²) in [4.78, 5) is 1.80. The number of halogens is 1. The van der Waals surface area contributed by atoms with Gasteiger partial charge >= 0.3 is 0 Å². The van der Waals surface area contributed by atoms with Gasteiger partial charge in [-0.1, -0.05) is 23.7 Å². The number of rotatable bonds is 11. The number of methoxy groups -OCH3 is 2. The third-order valence-corrected chi connectivity index (χ3v) is 7.29. The lowest BCUT2D eigenvalue weighted by Gasteiger charge is -2.28. The van der Waals surface area contributed by atoms with E-state index in [2.05, 4.69) is 9.68 Å². The number of para-hydroxylation sites is 1. The van der Waals surface area contributed by atoms with E-state index in [-0.39, 0.29) is 12.7 Å². The smallest absolute Gasteiger partial charge is 0.264 e. The molecule has 1 aromatic heterocycles. The van der Waals surface area contributed by atoms with Crippen molar-refractivity contribution in [1.82, 2.24) is 9.47 Å². The highest BCUT2D eigenvalue weighted by Crippen LogP contribution is 2.46. The minimum absolute atomic E-state index is 0.229. The normalized spacial score (nSPS) is 17.1. The Morgan fingerprint density at radius 1 is 1.18 bits per heavy atom. The van der Waals surface area contributed by atoms with Gasteiger partial charge in [0.25, 0.3) is 10.1 Å². The summed E-state index contributed by atoms with van der Waals surface area (Å²) >= 11 is 6.47. The number of hydrogen-bond donors (Lipinski definition) is 1. The van der Waals surface area contributed by atoms with Crippen LogP contribution in [0.25, 0.3) is 5.69 Å². The topological polar surface area (TPSA) is 115 Å². The van der Waals surface area contributed by atoms with Gasteiger partial charge in [0.15, 0.2) is 11.5 Å². The van der Waals surface area contributed by atoms with Crippen LogP contribution in [0.3, 0.4) is 0 Å². The molecule has 0 amide bonds. The fourth-order valence-corrected chi connectivity index (χ4v) is 5.17. The summed E-state index contributed by atoms with van der Waals surface area (Å²) in [6.07, 6.45) is 3.85. The number of benzene rings is 2. The number of nitrogens with one attached hydrogen (secondary N) is 1. The first kappa shape index (κ1) is 28.6. The van der Waals surface area contributed by atoms with Crippen molar-refractivity contribution in [2.75, 3.05) is 40.7 Å². The van der Waals surface area contributed by atoms with Crippen molar-refractivity contribution >= 4 is 21.7 Å². The Hall–Kier alpha value is -3.38. The van der Waals surface area contributed by atoms with Gasteiger partial charge < -0.3 is 23.7 Å². The van der Waals surface area contributed by atoms with Crippen LogP contribution >= 0.6 is 11.6 Å². The molecule has 0 fully saturated rings. The van der Waals surface area contributed by atoms with E-state index in [9.17, 15) is 8.42 Å². The summed E-state index contributed by atoms with van der Waals surface area (Å²) in [6, 6.07) is 15.4. The predicted octanol–water partition coefficient (Wildman–Crippen LogP) is 5.48. The van der Waals surface area contributed by atoms with Crippen LogP contribution in [0, 0.1) is 5.53 Å². The van der Waals surface area contributed by atoms with Crippen molar-refractivity contribution in [2.24, 2.45) is 5.11 Å². The summed E-state index contributed by atoms with van der Waals surface area (Å²) < 4.78 is 48.2. The van der Waals surface area contributed by atoms with Gasteiger partial charge in [-0.15, -0.1) is 0 Å². The van der Waals surface area contributed by atoms with Crippen molar-refractivity contribution in [1.29, 1.82) is 5.53 Å². The second-order valence-corrected chi connectivity index (χ2v) is 11.1. The first-order valence-electron chi connectivity index (χ1n) is 12.1. The Morgan fingerprint density at radius 3 is 2.67 bits per heavy atom. The van der Waals surface area contributed by atoms with Gasteiger partial charge in [-0.25, -0.2) is 5.53 Å². The third-order valence-electron chi connectivity index (χ3n) is 6.51. The Balaban J connectivity index is 1.72. The molecule has 1 aliphatic heterocycles. The molecule has 0 radical (unpaired) electrons. The van der Waals surface area contributed by atoms with Gasteiger partial charge in [0, 0.05) is 35.9 Å². The van der Waals surface area contributed by atoms with Gasteiger partial charge in [-0.3, -0.25) is 4.18 Å². The average molecular weight is 575 g/mol. The number of aromatic nitrogens is 1. The van der Waals surface area contributed by atoms with E-state index in [1.807, 2.05) is 54.7 Å². The van der Waals surface area contributed by atoms with E-state index in [0.717, 1.165) is 28.8 Å². The fraction of sp³-hybridized carbons (Fsp3) is 0.333. The lowest BCUT2D eigenvalue weighted by Crippen LogP contribution is -2.25. The number of nitrogens with zero attached hydrogens (tertiary/aromatic N) is 3. The van der Waals surface area contributed by atoms with Crippen LogP contribution in [0.2, 0.25) is 5.02 Å². The average Bonchev–Trinajstić information content (AvgIpc) is 3.35. The molecule has 3 aromatic rings. The van der Waals surface area contributed by atoms with E-state index >= 15 is 0 Å². The molecule has 1 aliphatic rings. The highest BCUT2D eigenvalue weighted by molar-refractivity contribution is 7.86. The molecule has 12 heteroatoms. The van der Waals surface area contributed by atoms with Crippen molar-refractivity contribution in [3.05, 3.63) is 88.5 Å². The van der Waals surface area contributed by atoms with Crippen LogP contribution in [0.5, 0.6) is 11.5 Å². The lowest BCUT2D eigenvalue weighted by atomic mass is 9.98. The van der Waals surface area contributed by atoms with Crippen molar-refractivity contribution in [3.63, 3.8) is 0 Å². The Kier molecular flexibility index (Phi) is 8.96. The molecule has 0 spiro atoms. The monoisotopic (exact) mass is 574 g/mol. The summed E-state index contributed by atoms with van der Waals surface area (Å²) in [6.45, 7) is 0.233. The number of hydrogen-bond acceptors (Lipinski definition) is 9. The fourth-order valence-electron chi connectivity index (χ4n) is 4.66. The summed E-state index contributed by atoms with van der Waals surface area (Å²) in [7, 11) is 1.31. The third kappa shape index (κ3) is 6.44. The first-order chi connectivity index (χ1) is 18.7. The van der Waals surface area contributed by atoms with E-state index < -0.39 is 16.2 Å². The summed E-state index contributed by atoms with van der Waals surface area (Å²) in [5, 5.41) is 3.90. The van der Waals surface area contributed by atoms with Gasteiger partial charge in [-0.05, 0) is 42.8 Å². The molecule has 2 atom stereocenters. The van der Waals surface area contributed by atoms with Crippen LogP contribution in [0.1, 0.15) is 35.4 Å². The van der Waals surface area contributed by atoms with Crippen LogP contribution in [-0.2, 0) is 19.0 Å². The van der Waals surface area contributed by atoms with Crippen molar-refractivity contribution < 1.29 is 26.8 Å². The molecule has 0 aliphatic carbocycles. The van der Waals surface area contributed by atoms with E-state index in [4.69, 9.17) is 35.5 Å². The SMILES string of the molecule is COc1cccc([C@H]2O[C@H](CCN(C)/C(=C\N=N)COS(C)(=O)=O)c3cccn3-c3ccc(Cl)cc32)c1OC. The quantitative estimate of drug-likeness (QED) is 0.238. The van der Waals surface area contributed by atoms with E-state index in [1.165, 1.54) is 6.20 Å². The molecule has 2 aromatic carbocycles. The molecule has 0 bridgehead atoms. The standard InChI is InChI=1S/C27H31ClN4O6S/c1-31(19(16-30-29)17-37-39(4,33)34)14-12-24-23-8-6-13-32(23)22-11-10-18(28)15-21(22)26(38-24)20-7-5-9-25(35-2)27(20)36-3/h5-11,13,15-16,24,26,29H,12,14,17H2,1-4H3/b19-16-,30-29?/t24-,26-/m1/s1. The summed E-state index contributed by atoms with van der Waals surface area (Å²) in [5.41, 5.74) is 11.2. The van der Waals surface area contributed by atoms with Gasteiger partial charge in [0.2, 0.25) is 0 Å². The maximum atomic E-state index is 11.5. The summed E-state index contributed by atoms with van der Waals surface area (Å²) in [5.74, 6) is 1.15. The molecule has 0 unspecified atom stereocenters. The molecule has 39 heavy (non-hydrogen) atoms. The maximum Gasteiger partial charge on any atom is 0.264 e. The van der Waals surface area contributed by atoms with Crippen LogP contribution < -0.4 is 9.47 Å². The van der Waals surface area contributed by atoms with Gasteiger partial charge in [0.1, 0.15) is 18.8 Å². The lowest BCUT2D eigenvalue weighted by molar-refractivity contribution is -0.00209.